The standard InChI is InChI=1S/C22H26FN3O2/c1-3-16(2)24-21(27)17-8-10-18(11-9-17)22(28)26-14-12-25(13-15-26)20-7-5-4-6-19(20)23/h4-11,16H,3,12-15H2,1-2H3,(H,24,27). The summed E-state index contributed by atoms with van der Waals surface area (Å²) in [6.45, 7) is 6.20. The first-order chi connectivity index (χ1) is 13.5. The Morgan fingerprint density at radius 2 is 1.61 bits per heavy atom. The molecule has 1 unspecified atom stereocenters. The maximum atomic E-state index is 13.9. The summed E-state index contributed by atoms with van der Waals surface area (Å²) in [5.74, 6) is -0.442. The van der Waals surface area contributed by atoms with Gasteiger partial charge < -0.3 is 15.1 Å². The third-order valence-corrected chi connectivity index (χ3v) is 5.14. The molecule has 0 aliphatic carbocycles. The maximum absolute atomic E-state index is 13.9. The number of amides is 2. The van der Waals surface area contributed by atoms with Gasteiger partial charge in [0, 0.05) is 43.3 Å². The van der Waals surface area contributed by atoms with E-state index in [0.717, 1.165) is 6.42 Å². The van der Waals surface area contributed by atoms with E-state index in [4.69, 9.17) is 0 Å². The Morgan fingerprint density at radius 1 is 1.00 bits per heavy atom. The van der Waals surface area contributed by atoms with E-state index in [1.165, 1.54) is 6.07 Å². The van der Waals surface area contributed by atoms with Gasteiger partial charge in [-0.2, -0.15) is 0 Å². The molecule has 0 spiro atoms. The fraction of sp³-hybridized carbons (Fsp3) is 0.364. The Labute approximate surface area is 165 Å². The number of piperazine rings is 1. The summed E-state index contributed by atoms with van der Waals surface area (Å²) in [4.78, 5) is 28.6. The Hall–Kier alpha value is -2.89. The molecular weight excluding hydrogens is 357 g/mol. The predicted octanol–water partition coefficient (Wildman–Crippen LogP) is 3.32. The average molecular weight is 383 g/mol. The first kappa shape index (κ1) is 19.9. The Kier molecular flexibility index (Phi) is 6.29. The first-order valence-corrected chi connectivity index (χ1v) is 9.69. The molecule has 28 heavy (non-hydrogen) atoms. The molecule has 6 heteroatoms. The normalized spacial score (nSPS) is 15.2. The van der Waals surface area contributed by atoms with Crippen LogP contribution in [0.5, 0.6) is 0 Å². The molecule has 1 N–H and O–H groups in total. The molecule has 0 radical (unpaired) electrons. The van der Waals surface area contributed by atoms with Crippen LogP contribution in [-0.4, -0.2) is 48.9 Å². The number of para-hydroxylation sites is 1. The molecule has 1 heterocycles. The summed E-state index contributed by atoms with van der Waals surface area (Å²) in [5.41, 5.74) is 1.67. The summed E-state index contributed by atoms with van der Waals surface area (Å²) >= 11 is 0. The molecule has 2 aromatic carbocycles. The van der Waals surface area contributed by atoms with Crippen LogP contribution in [-0.2, 0) is 0 Å². The van der Waals surface area contributed by atoms with E-state index in [-0.39, 0.29) is 23.7 Å². The summed E-state index contributed by atoms with van der Waals surface area (Å²) in [5, 5.41) is 2.91. The van der Waals surface area contributed by atoms with Gasteiger partial charge in [-0.15, -0.1) is 0 Å². The predicted molar refractivity (Wildman–Crippen MR) is 108 cm³/mol. The summed E-state index contributed by atoms with van der Waals surface area (Å²) in [7, 11) is 0. The number of hydrogen-bond acceptors (Lipinski definition) is 3. The minimum absolute atomic E-state index is 0.0675. The van der Waals surface area contributed by atoms with E-state index < -0.39 is 0 Å². The van der Waals surface area contributed by atoms with Crippen molar-refractivity contribution in [1.82, 2.24) is 10.2 Å². The van der Waals surface area contributed by atoms with Gasteiger partial charge in [0.15, 0.2) is 0 Å². The highest BCUT2D eigenvalue weighted by Gasteiger charge is 2.23. The number of nitrogens with zero attached hydrogens (tertiary/aromatic N) is 2. The van der Waals surface area contributed by atoms with Gasteiger partial charge in [-0.3, -0.25) is 9.59 Å². The van der Waals surface area contributed by atoms with Crippen molar-refractivity contribution in [2.75, 3.05) is 31.1 Å². The molecular formula is C22H26FN3O2. The van der Waals surface area contributed by atoms with Gasteiger partial charge in [0.2, 0.25) is 0 Å². The van der Waals surface area contributed by atoms with Gasteiger partial charge in [-0.1, -0.05) is 19.1 Å². The van der Waals surface area contributed by atoms with E-state index in [9.17, 15) is 14.0 Å². The number of anilines is 1. The van der Waals surface area contributed by atoms with Crippen molar-refractivity contribution in [3.8, 4) is 0 Å². The van der Waals surface area contributed by atoms with E-state index in [1.54, 1.807) is 41.3 Å². The molecule has 0 bridgehead atoms. The molecule has 2 aromatic rings. The van der Waals surface area contributed by atoms with Crippen molar-refractivity contribution >= 4 is 17.5 Å². The van der Waals surface area contributed by atoms with Crippen molar-refractivity contribution in [3.63, 3.8) is 0 Å². The van der Waals surface area contributed by atoms with Gasteiger partial charge in [0.1, 0.15) is 5.82 Å². The Balaban J connectivity index is 1.59. The SMILES string of the molecule is CCC(C)NC(=O)c1ccc(C(=O)N2CCN(c3ccccc3F)CC2)cc1. The number of rotatable bonds is 5. The van der Waals surface area contributed by atoms with Crippen LogP contribution >= 0.6 is 0 Å². The lowest BCUT2D eigenvalue weighted by Crippen LogP contribution is -2.49. The summed E-state index contributed by atoms with van der Waals surface area (Å²) in [6, 6.07) is 13.6. The number of benzene rings is 2. The molecule has 0 saturated carbocycles. The number of hydrogen-bond donors (Lipinski definition) is 1. The third-order valence-electron chi connectivity index (χ3n) is 5.14. The number of halogens is 1. The molecule has 0 aromatic heterocycles. The van der Waals surface area contributed by atoms with E-state index >= 15 is 0 Å². The lowest BCUT2D eigenvalue weighted by atomic mass is 10.1. The number of nitrogens with one attached hydrogen (secondary N) is 1. The van der Waals surface area contributed by atoms with Crippen LogP contribution in [0.4, 0.5) is 10.1 Å². The molecule has 1 aliphatic heterocycles. The molecule has 1 saturated heterocycles. The molecule has 3 rings (SSSR count). The Morgan fingerprint density at radius 3 is 2.21 bits per heavy atom. The highest BCUT2D eigenvalue weighted by Crippen LogP contribution is 2.21. The van der Waals surface area contributed by atoms with Gasteiger partial charge in [-0.05, 0) is 49.7 Å². The van der Waals surface area contributed by atoms with E-state index in [2.05, 4.69) is 5.32 Å². The fourth-order valence-electron chi connectivity index (χ4n) is 3.21. The second-order valence-electron chi connectivity index (χ2n) is 7.09. The minimum atomic E-state index is -0.242. The first-order valence-electron chi connectivity index (χ1n) is 9.69. The van der Waals surface area contributed by atoms with Gasteiger partial charge in [0.25, 0.3) is 11.8 Å². The van der Waals surface area contributed by atoms with Crippen LogP contribution in [0, 0.1) is 5.82 Å². The van der Waals surface area contributed by atoms with E-state index in [1.807, 2.05) is 24.8 Å². The largest absolute Gasteiger partial charge is 0.366 e. The van der Waals surface area contributed by atoms with Crippen LogP contribution in [0.1, 0.15) is 41.0 Å². The highest BCUT2D eigenvalue weighted by molar-refractivity contribution is 5.98. The van der Waals surface area contributed by atoms with Crippen molar-refractivity contribution in [1.29, 1.82) is 0 Å². The topological polar surface area (TPSA) is 52.7 Å². The molecule has 2 amide bonds. The van der Waals surface area contributed by atoms with Crippen LogP contribution in [0.15, 0.2) is 48.5 Å². The molecule has 1 fully saturated rings. The highest BCUT2D eigenvalue weighted by atomic mass is 19.1. The Bertz CT molecular complexity index is 830. The molecule has 1 atom stereocenters. The van der Waals surface area contributed by atoms with Crippen LogP contribution in [0.3, 0.4) is 0 Å². The van der Waals surface area contributed by atoms with Crippen LogP contribution < -0.4 is 10.2 Å². The van der Waals surface area contributed by atoms with Crippen molar-refractivity contribution < 1.29 is 14.0 Å². The van der Waals surface area contributed by atoms with Crippen LogP contribution in [0.2, 0.25) is 0 Å². The lowest BCUT2D eigenvalue weighted by Gasteiger charge is -2.36. The lowest BCUT2D eigenvalue weighted by molar-refractivity contribution is 0.0746. The van der Waals surface area contributed by atoms with Crippen molar-refractivity contribution in [2.45, 2.75) is 26.3 Å². The summed E-state index contributed by atoms with van der Waals surface area (Å²) in [6.07, 6.45) is 0.862. The zero-order chi connectivity index (χ0) is 20.1. The van der Waals surface area contributed by atoms with Gasteiger partial charge >= 0.3 is 0 Å². The minimum Gasteiger partial charge on any atom is -0.366 e. The van der Waals surface area contributed by atoms with Crippen molar-refractivity contribution in [2.24, 2.45) is 0 Å². The average Bonchev–Trinajstić information content (AvgIpc) is 2.73. The molecule has 1 aliphatic rings. The number of carbonyl (C=O) groups is 2. The second kappa shape index (κ2) is 8.87. The maximum Gasteiger partial charge on any atom is 0.253 e. The zero-order valence-corrected chi connectivity index (χ0v) is 16.3. The molecule has 5 nitrogen and oxygen atoms in total. The zero-order valence-electron chi connectivity index (χ0n) is 16.3. The van der Waals surface area contributed by atoms with Gasteiger partial charge in [-0.25, -0.2) is 4.39 Å². The van der Waals surface area contributed by atoms with Crippen LogP contribution in [0.25, 0.3) is 0 Å². The van der Waals surface area contributed by atoms with Crippen molar-refractivity contribution in [3.05, 3.63) is 65.5 Å². The molecule has 148 valence electrons. The third kappa shape index (κ3) is 4.50. The van der Waals surface area contributed by atoms with Gasteiger partial charge in [0.05, 0.1) is 5.69 Å². The quantitative estimate of drug-likeness (QED) is 0.862. The van der Waals surface area contributed by atoms with E-state index in [0.29, 0.717) is 43.0 Å². The number of carbonyl (C=O) groups excluding carboxylic acids is 2. The summed E-state index contributed by atoms with van der Waals surface area (Å²) < 4.78 is 13.9. The second-order valence-corrected chi connectivity index (χ2v) is 7.09. The monoisotopic (exact) mass is 383 g/mol. The smallest absolute Gasteiger partial charge is 0.253 e. The fourth-order valence-corrected chi connectivity index (χ4v) is 3.21.